The van der Waals surface area contributed by atoms with Gasteiger partial charge in [0.15, 0.2) is 0 Å². The number of hydrogen-bond acceptors (Lipinski definition) is 0. The predicted octanol–water partition coefficient (Wildman–Crippen LogP) is 8.61. The Morgan fingerprint density at radius 2 is 1.36 bits per heavy atom. The van der Waals surface area contributed by atoms with Crippen molar-refractivity contribution in [3.8, 4) is 0 Å². The first-order valence-corrected chi connectivity index (χ1v) is 28.1. The molecule has 0 saturated heterocycles. The van der Waals surface area contributed by atoms with Crippen molar-refractivity contribution in [2.75, 3.05) is 13.1 Å². The third-order valence-corrected chi connectivity index (χ3v) is 23.1. The molecule has 2 heterocycles. The fourth-order valence-corrected chi connectivity index (χ4v) is 17.4. The summed E-state index contributed by atoms with van der Waals surface area (Å²) in [5.74, 6) is 0. The second kappa shape index (κ2) is 11.2. The molecule has 0 spiro atoms. The Bertz CT molecular complexity index is 563. The molecule has 0 N–H and O–H groups in total. The summed E-state index contributed by atoms with van der Waals surface area (Å²) in [5, 5.41) is 8.98. The van der Waals surface area contributed by atoms with Gasteiger partial charge in [0.05, 0.1) is 0 Å². The third-order valence-electron chi connectivity index (χ3n) is 4.31. The first-order valence-electron chi connectivity index (χ1n) is 9.30. The van der Waals surface area contributed by atoms with E-state index in [1.54, 1.807) is 0 Å². The number of nitrogens with zero attached hydrogens (tertiary/aromatic N) is 2. The van der Waals surface area contributed by atoms with Crippen molar-refractivity contribution in [1.29, 1.82) is 0 Å². The maximum absolute atomic E-state index is 4.49. The van der Waals surface area contributed by atoms with Crippen LogP contribution in [0.3, 0.4) is 0 Å². The Labute approximate surface area is 173 Å². The quantitative estimate of drug-likeness (QED) is 0.225. The van der Waals surface area contributed by atoms with E-state index in [1.165, 1.54) is 45.7 Å². The van der Waals surface area contributed by atoms with Crippen LogP contribution >= 0.6 is 31.3 Å². The van der Waals surface area contributed by atoms with Crippen LogP contribution in [-0.2, 0) is 0 Å². The molecule has 0 atom stereocenters. The molecule has 0 saturated carbocycles. The molecule has 2 nitrogen and oxygen atoms in total. The number of halogens is 2. The zero-order valence-electron chi connectivity index (χ0n) is 15.3. The number of rotatable bonds is 6. The van der Waals surface area contributed by atoms with E-state index in [1.807, 2.05) is 0 Å². The van der Waals surface area contributed by atoms with Crippen molar-refractivity contribution >= 4 is 67.1 Å². The first kappa shape index (κ1) is 21.6. The fourth-order valence-electron chi connectivity index (χ4n) is 2.86. The van der Waals surface area contributed by atoms with E-state index in [-0.39, 0.29) is 0 Å². The minimum absolute atomic E-state index is 0.780. The van der Waals surface area contributed by atoms with Crippen LogP contribution in [0, 0.1) is 0 Å². The Hall–Kier alpha value is 0.309. The molecule has 0 aromatic heterocycles. The molecule has 138 valence electrons. The maximum atomic E-state index is 4.49. The molecule has 25 heavy (non-hydrogen) atoms. The summed E-state index contributed by atoms with van der Waals surface area (Å²) >= 11 is 5.08. The number of benzene rings is 1. The Kier molecular flexibility index (Phi) is 9.70. The van der Waals surface area contributed by atoms with Gasteiger partial charge >= 0.3 is 91.9 Å². The van der Waals surface area contributed by atoms with Crippen LogP contribution in [0.15, 0.2) is 24.3 Å². The van der Waals surface area contributed by atoms with Gasteiger partial charge in [-0.1, -0.05) is 24.3 Å². The molecule has 2 aliphatic heterocycles. The summed E-state index contributed by atoms with van der Waals surface area (Å²) in [6.07, 6.45) is 14.0. The second-order valence-electron chi connectivity index (χ2n) is 6.49. The van der Waals surface area contributed by atoms with Gasteiger partial charge in [0, 0.05) is 0 Å². The van der Waals surface area contributed by atoms with Crippen LogP contribution in [0.25, 0.3) is 22.8 Å². The average molecular weight is 622 g/mol. The standard InChI is InChI=1S/C12H10N2.2C4H9.BrH.HI.Sn/c1-3-9-5-6-10-4-2-8-14-12(10)11(9)13-7-1;2*1-3-4-2;;;/h1-6H,7-8H2;2*1,3-4H2,2H3;2*1H;/q-2;;;;;+2/p-2. The first-order chi connectivity index (χ1) is 12.1. The van der Waals surface area contributed by atoms with Gasteiger partial charge in [0.2, 0.25) is 0 Å². The summed E-state index contributed by atoms with van der Waals surface area (Å²) in [6.45, 7) is 6.13. The van der Waals surface area contributed by atoms with Gasteiger partial charge < -0.3 is 10.6 Å². The summed E-state index contributed by atoms with van der Waals surface area (Å²) in [4.78, 5) is 0. The fraction of sp³-hybridized carbons (Fsp3) is 0.500. The molecule has 0 bridgehead atoms. The molecule has 0 unspecified atom stereocenters. The third kappa shape index (κ3) is 7.09. The summed E-state index contributed by atoms with van der Waals surface area (Å²) < 4.78 is 3.04. The van der Waals surface area contributed by atoms with E-state index in [9.17, 15) is 0 Å². The normalized spacial score (nSPS) is 14.6. The minimum atomic E-state index is -1.65. The van der Waals surface area contributed by atoms with Crippen molar-refractivity contribution in [2.24, 2.45) is 0 Å². The molecule has 5 heteroatoms. The Morgan fingerprint density at radius 3 is 1.76 bits per heavy atom. The zero-order chi connectivity index (χ0) is 18.1. The molecular weight excluding hydrogens is 594 g/mol. The van der Waals surface area contributed by atoms with Crippen molar-refractivity contribution in [1.82, 2.24) is 0 Å². The van der Waals surface area contributed by atoms with Crippen molar-refractivity contribution < 1.29 is 0 Å². The molecular formula is C20H28BrIN2Sn-2. The zero-order valence-corrected chi connectivity index (χ0v) is 21.9. The Morgan fingerprint density at radius 1 is 0.920 bits per heavy atom. The van der Waals surface area contributed by atoms with Crippen LogP contribution in [0.4, 0.5) is 11.4 Å². The monoisotopic (exact) mass is 622 g/mol. The van der Waals surface area contributed by atoms with Gasteiger partial charge in [-0.25, -0.2) is 0 Å². The van der Waals surface area contributed by atoms with Crippen molar-refractivity contribution in [2.45, 2.75) is 48.4 Å². The van der Waals surface area contributed by atoms with Gasteiger partial charge in [-0.2, -0.15) is 0 Å². The van der Waals surface area contributed by atoms with Gasteiger partial charge in [-0.05, 0) is 11.1 Å². The number of hydrogen-bond donors (Lipinski definition) is 0. The van der Waals surface area contributed by atoms with Crippen LogP contribution in [0.2, 0.25) is 8.87 Å². The summed E-state index contributed by atoms with van der Waals surface area (Å²) in [7, 11) is 0. The van der Waals surface area contributed by atoms with E-state index in [0.717, 1.165) is 24.5 Å². The molecule has 1 aromatic carbocycles. The molecule has 0 amide bonds. The van der Waals surface area contributed by atoms with Gasteiger partial charge in [0.25, 0.3) is 0 Å². The van der Waals surface area contributed by atoms with Gasteiger partial charge in [-0.15, -0.1) is 36.6 Å². The second-order valence-corrected chi connectivity index (χ2v) is 48.2. The predicted molar refractivity (Wildman–Crippen MR) is 128 cm³/mol. The molecule has 0 fully saturated rings. The van der Waals surface area contributed by atoms with Crippen LogP contribution in [0.1, 0.15) is 50.7 Å². The molecule has 3 rings (SSSR count). The molecule has 0 aliphatic carbocycles. The van der Waals surface area contributed by atoms with Gasteiger partial charge in [-0.3, -0.25) is 0 Å². The van der Waals surface area contributed by atoms with E-state index in [2.05, 4.69) is 92.3 Å². The number of fused-ring (bicyclic) bond motifs is 3. The van der Waals surface area contributed by atoms with Crippen molar-refractivity contribution in [3.05, 3.63) is 46.0 Å². The molecule has 2 aliphatic rings. The topological polar surface area (TPSA) is 28.2 Å². The van der Waals surface area contributed by atoms with Crippen molar-refractivity contribution in [3.63, 3.8) is 0 Å². The van der Waals surface area contributed by atoms with Crippen LogP contribution < -0.4 is 0 Å². The molecule has 0 radical (unpaired) electrons. The number of unbranched alkanes of at least 4 members (excludes halogenated alkanes) is 2. The van der Waals surface area contributed by atoms with Crippen LogP contribution in [0.5, 0.6) is 0 Å². The van der Waals surface area contributed by atoms with Gasteiger partial charge in [0.1, 0.15) is 0 Å². The van der Waals surface area contributed by atoms with E-state index < -0.39 is 12.2 Å². The van der Waals surface area contributed by atoms with E-state index in [4.69, 9.17) is 0 Å². The SMILES string of the molecule is C1=Cc2ccc3c(c2[N-]C1)[N-]CC=C3.CCC[CH2][Sn]([Br])([I])[CH2]CCC. The van der Waals surface area contributed by atoms with E-state index in [0.29, 0.717) is 0 Å². The van der Waals surface area contributed by atoms with E-state index >= 15 is 0 Å². The average Bonchev–Trinajstić information content (AvgIpc) is 2.65. The summed E-state index contributed by atoms with van der Waals surface area (Å²) in [6, 6.07) is 4.22. The molecule has 1 aromatic rings. The summed E-state index contributed by atoms with van der Waals surface area (Å²) in [5.41, 5.74) is 4.51. The Balaban J connectivity index is 0.000000188. The van der Waals surface area contributed by atoms with Crippen LogP contribution in [-0.4, -0.2) is 25.3 Å².